The first-order valence-corrected chi connectivity index (χ1v) is 10.2. The third-order valence-electron chi connectivity index (χ3n) is 5.86. The summed E-state index contributed by atoms with van der Waals surface area (Å²) in [7, 11) is 0. The molecular weight excluding hydrogens is 348 g/mol. The van der Waals surface area contributed by atoms with Gasteiger partial charge in [0.05, 0.1) is 12.2 Å². The average molecular weight is 385 g/mol. The summed E-state index contributed by atoms with van der Waals surface area (Å²) in [6, 6.07) is 0. The molecule has 0 amide bonds. The van der Waals surface area contributed by atoms with Gasteiger partial charge in [0.15, 0.2) is 0 Å². The maximum Gasteiger partial charge on any atom is 0.303 e. The Morgan fingerprint density at radius 1 is 1.07 bits per heavy atom. The number of allylic oxidation sites excluding steroid dienone is 1. The minimum Gasteiger partial charge on any atom is -0.481 e. The van der Waals surface area contributed by atoms with Gasteiger partial charge in [0.25, 0.3) is 0 Å². The molecule has 6 unspecified atom stereocenters. The summed E-state index contributed by atoms with van der Waals surface area (Å²) < 4.78 is 0. The summed E-state index contributed by atoms with van der Waals surface area (Å²) in [5.41, 5.74) is 0. The number of carbonyl (C=O) groups is 2. The third kappa shape index (κ3) is 8.43. The first-order chi connectivity index (χ1) is 12.8. The standard InChI is InChI=1S/C21H36O6/c1-3-5-15(10-13-20(26)27)21-16(9-12-18(21)23)8-11-17(22)14(2)6-4-7-19(24)25/h8,11,14-18,21-23H,3-7,9-10,12-13H2,1-2H3,(H,24,25)(H,26,27). The predicted molar refractivity (Wildman–Crippen MR) is 103 cm³/mol. The van der Waals surface area contributed by atoms with E-state index in [1.54, 1.807) is 6.08 Å². The lowest BCUT2D eigenvalue weighted by molar-refractivity contribution is -0.138. The summed E-state index contributed by atoms with van der Waals surface area (Å²) in [6.45, 7) is 3.98. The number of carboxylic acids is 2. The maximum atomic E-state index is 11.0. The molecule has 1 saturated carbocycles. The molecule has 1 aliphatic rings. The van der Waals surface area contributed by atoms with Crippen LogP contribution in [0.1, 0.15) is 71.6 Å². The van der Waals surface area contributed by atoms with E-state index < -0.39 is 24.1 Å². The van der Waals surface area contributed by atoms with Crippen molar-refractivity contribution in [3.05, 3.63) is 12.2 Å². The Labute approximate surface area is 162 Å². The molecule has 4 N–H and O–H groups in total. The summed E-state index contributed by atoms with van der Waals surface area (Å²) in [4.78, 5) is 21.6. The molecule has 0 aliphatic heterocycles. The van der Waals surface area contributed by atoms with Crippen molar-refractivity contribution in [1.82, 2.24) is 0 Å². The lowest BCUT2D eigenvalue weighted by Crippen LogP contribution is -2.28. The number of aliphatic hydroxyl groups is 2. The average Bonchev–Trinajstić information content (AvgIpc) is 2.96. The van der Waals surface area contributed by atoms with Gasteiger partial charge in [-0.1, -0.05) is 38.8 Å². The normalized spacial score (nSPS) is 26.1. The molecule has 1 aliphatic carbocycles. The Morgan fingerprint density at radius 2 is 1.74 bits per heavy atom. The van der Waals surface area contributed by atoms with Crippen molar-refractivity contribution in [2.75, 3.05) is 0 Å². The largest absolute Gasteiger partial charge is 0.481 e. The van der Waals surface area contributed by atoms with Crippen molar-refractivity contribution in [3.8, 4) is 0 Å². The highest BCUT2D eigenvalue weighted by Gasteiger charge is 2.38. The van der Waals surface area contributed by atoms with Crippen LogP contribution in [0.25, 0.3) is 0 Å². The van der Waals surface area contributed by atoms with Crippen LogP contribution in [-0.4, -0.2) is 44.6 Å². The molecule has 1 rings (SSSR count). The first kappa shape index (κ1) is 23.6. The summed E-state index contributed by atoms with van der Waals surface area (Å²) >= 11 is 0. The van der Waals surface area contributed by atoms with Crippen LogP contribution in [0.2, 0.25) is 0 Å². The molecule has 0 spiro atoms. The highest BCUT2D eigenvalue weighted by atomic mass is 16.4. The fourth-order valence-electron chi connectivity index (χ4n) is 4.32. The second kappa shape index (κ2) is 12.1. The fourth-order valence-corrected chi connectivity index (χ4v) is 4.32. The molecule has 6 nitrogen and oxygen atoms in total. The Morgan fingerprint density at radius 3 is 2.33 bits per heavy atom. The molecule has 0 aromatic rings. The molecule has 0 heterocycles. The molecule has 0 radical (unpaired) electrons. The van der Waals surface area contributed by atoms with Crippen LogP contribution in [0.3, 0.4) is 0 Å². The molecule has 1 fully saturated rings. The van der Waals surface area contributed by atoms with Gasteiger partial charge in [0.2, 0.25) is 0 Å². The molecule has 6 heteroatoms. The van der Waals surface area contributed by atoms with Crippen LogP contribution in [0.15, 0.2) is 12.2 Å². The van der Waals surface area contributed by atoms with Crippen LogP contribution in [0.5, 0.6) is 0 Å². The Bertz CT molecular complexity index is 489. The minimum atomic E-state index is -0.821. The number of hydrogen-bond donors (Lipinski definition) is 4. The summed E-state index contributed by atoms with van der Waals surface area (Å²) in [6.07, 6.45) is 8.09. The van der Waals surface area contributed by atoms with Gasteiger partial charge < -0.3 is 20.4 Å². The zero-order valence-electron chi connectivity index (χ0n) is 16.6. The zero-order chi connectivity index (χ0) is 20.4. The van der Waals surface area contributed by atoms with Gasteiger partial charge in [-0.3, -0.25) is 9.59 Å². The van der Waals surface area contributed by atoms with E-state index in [4.69, 9.17) is 10.2 Å². The van der Waals surface area contributed by atoms with Crippen LogP contribution >= 0.6 is 0 Å². The number of aliphatic hydroxyl groups excluding tert-OH is 2. The lowest BCUT2D eigenvalue weighted by atomic mass is 9.77. The molecule has 0 aromatic carbocycles. The van der Waals surface area contributed by atoms with Crippen molar-refractivity contribution in [3.63, 3.8) is 0 Å². The zero-order valence-corrected chi connectivity index (χ0v) is 16.6. The van der Waals surface area contributed by atoms with E-state index >= 15 is 0 Å². The van der Waals surface area contributed by atoms with Gasteiger partial charge in [-0.15, -0.1) is 0 Å². The van der Waals surface area contributed by atoms with Gasteiger partial charge in [0, 0.05) is 12.8 Å². The van der Waals surface area contributed by atoms with E-state index in [1.807, 2.05) is 13.0 Å². The van der Waals surface area contributed by atoms with E-state index in [2.05, 4.69) is 6.92 Å². The SMILES string of the molecule is CCCC(CCC(=O)O)C1C(O)CCC1C=CC(O)C(C)CCCC(=O)O. The van der Waals surface area contributed by atoms with Crippen molar-refractivity contribution >= 4 is 11.9 Å². The van der Waals surface area contributed by atoms with E-state index in [0.29, 0.717) is 25.7 Å². The monoisotopic (exact) mass is 384 g/mol. The van der Waals surface area contributed by atoms with Crippen molar-refractivity contribution in [2.45, 2.75) is 83.8 Å². The first-order valence-electron chi connectivity index (χ1n) is 10.2. The van der Waals surface area contributed by atoms with Gasteiger partial charge in [0.1, 0.15) is 0 Å². The van der Waals surface area contributed by atoms with E-state index in [1.165, 1.54) is 0 Å². The Hall–Kier alpha value is -1.40. The smallest absolute Gasteiger partial charge is 0.303 e. The molecule has 156 valence electrons. The maximum absolute atomic E-state index is 11.0. The highest BCUT2D eigenvalue weighted by Crippen LogP contribution is 2.42. The van der Waals surface area contributed by atoms with Crippen molar-refractivity contribution in [1.29, 1.82) is 0 Å². The van der Waals surface area contributed by atoms with E-state index in [-0.39, 0.29) is 36.5 Å². The molecule has 0 aromatic heterocycles. The van der Waals surface area contributed by atoms with Gasteiger partial charge in [-0.2, -0.15) is 0 Å². The molecule has 27 heavy (non-hydrogen) atoms. The molecule has 0 bridgehead atoms. The summed E-state index contributed by atoms with van der Waals surface area (Å²) in [5.74, 6) is -1.30. The van der Waals surface area contributed by atoms with Gasteiger partial charge in [-0.05, 0) is 55.8 Å². The van der Waals surface area contributed by atoms with Gasteiger partial charge >= 0.3 is 11.9 Å². The number of carboxylic acid groups (broad SMARTS) is 2. The highest BCUT2D eigenvalue weighted by molar-refractivity contribution is 5.66. The number of hydrogen-bond acceptors (Lipinski definition) is 4. The van der Waals surface area contributed by atoms with Crippen LogP contribution in [0.4, 0.5) is 0 Å². The Kier molecular flexibility index (Phi) is 10.6. The summed E-state index contributed by atoms with van der Waals surface area (Å²) in [5, 5.41) is 38.5. The number of aliphatic carboxylic acids is 2. The van der Waals surface area contributed by atoms with E-state index in [9.17, 15) is 19.8 Å². The lowest BCUT2D eigenvalue weighted by Gasteiger charge is -2.29. The molecular formula is C21H36O6. The minimum absolute atomic E-state index is 0.0242. The second-order valence-electron chi connectivity index (χ2n) is 8.01. The second-order valence-corrected chi connectivity index (χ2v) is 8.01. The Balaban J connectivity index is 2.67. The van der Waals surface area contributed by atoms with Crippen LogP contribution in [0, 0.1) is 23.7 Å². The fraction of sp³-hybridized carbons (Fsp3) is 0.810. The van der Waals surface area contributed by atoms with Crippen molar-refractivity contribution < 1.29 is 30.0 Å². The van der Waals surface area contributed by atoms with Crippen LogP contribution < -0.4 is 0 Å². The molecule has 0 saturated heterocycles. The predicted octanol–water partition coefficient (Wildman–Crippen LogP) is 3.46. The van der Waals surface area contributed by atoms with Crippen molar-refractivity contribution in [2.24, 2.45) is 23.7 Å². The van der Waals surface area contributed by atoms with E-state index in [0.717, 1.165) is 19.3 Å². The topological polar surface area (TPSA) is 115 Å². The number of rotatable bonds is 13. The third-order valence-corrected chi connectivity index (χ3v) is 5.86. The van der Waals surface area contributed by atoms with Crippen LogP contribution in [-0.2, 0) is 9.59 Å². The quantitative estimate of drug-likeness (QED) is 0.362. The molecule has 6 atom stereocenters. The van der Waals surface area contributed by atoms with Gasteiger partial charge in [-0.25, -0.2) is 0 Å².